The van der Waals surface area contributed by atoms with Gasteiger partial charge in [0.05, 0.1) is 34.2 Å². The van der Waals surface area contributed by atoms with Crippen molar-refractivity contribution in [3.8, 4) is 0 Å². The predicted molar refractivity (Wildman–Crippen MR) is 58.9 cm³/mol. The lowest BCUT2D eigenvalue weighted by atomic mass is 10.1. The molecule has 0 saturated carbocycles. The number of hydrogen-bond donors (Lipinski definition) is 0. The van der Waals surface area contributed by atoms with E-state index in [1.807, 2.05) is 0 Å². The van der Waals surface area contributed by atoms with E-state index in [2.05, 4.69) is 10.3 Å². The van der Waals surface area contributed by atoms with Crippen LogP contribution < -0.4 is 0 Å². The molecular weight excluding hydrogens is 242 g/mol. The maximum atomic E-state index is 10.9. The monoisotopic (exact) mass is 249 g/mol. The molecule has 9 nitrogen and oxygen atoms in total. The summed E-state index contributed by atoms with van der Waals surface area (Å²) in [5.41, 5.74) is -0.292. The van der Waals surface area contributed by atoms with Crippen LogP contribution >= 0.6 is 0 Å². The quantitative estimate of drug-likeness (QED) is 0.592. The third-order valence-electron chi connectivity index (χ3n) is 2.28. The number of nitro benzene ring substituents is 2. The summed E-state index contributed by atoms with van der Waals surface area (Å²) in [6.07, 6.45) is 2.99. The average Bonchev–Trinajstić information content (AvgIpc) is 2.81. The zero-order chi connectivity index (χ0) is 13.1. The molecule has 18 heavy (non-hydrogen) atoms. The normalized spacial score (nSPS) is 10.2. The summed E-state index contributed by atoms with van der Waals surface area (Å²) in [6.45, 7) is 0.133. The van der Waals surface area contributed by atoms with E-state index in [-0.39, 0.29) is 17.9 Å². The molecule has 0 unspecified atom stereocenters. The molecule has 1 heterocycles. The van der Waals surface area contributed by atoms with E-state index in [0.29, 0.717) is 5.56 Å². The van der Waals surface area contributed by atoms with Gasteiger partial charge in [0.2, 0.25) is 0 Å². The lowest BCUT2D eigenvalue weighted by Gasteiger charge is -2.02. The lowest BCUT2D eigenvalue weighted by Crippen LogP contribution is -2.04. The highest BCUT2D eigenvalue weighted by atomic mass is 16.6. The fourth-order valence-corrected chi connectivity index (χ4v) is 1.46. The summed E-state index contributed by atoms with van der Waals surface area (Å²) in [7, 11) is 0. The van der Waals surface area contributed by atoms with Gasteiger partial charge in [0.1, 0.15) is 0 Å². The van der Waals surface area contributed by atoms with Gasteiger partial charge in [-0.2, -0.15) is 0 Å². The Hall–Kier alpha value is -2.84. The van der Waals surface area contributed by atoms with Gasteiger partial charge in [0.25, 0.3) is 11.4 Å². The minimum absolute atomic E-state index is 0.133. The smallest absolute Gasteiger partial charge is 0.258 e. The molecule has 0 amide bonds. The van der Waals surface area contributed by atoms with E-state index in [1.165, 1.54) is 23.0 Å². The van der Waals surface area contributed by atoms with Crippen molar-refractivity contribution in [3.63, 3.8) is 0 Å². The number of nitrogens with zero attached hydrogens (tertiary/aromatic N) is 5. The van der Waals surface area contributed by atoms with E-state index in [0.717, 1.165) is 6.07 Å². The Kier molecular flexibility index (Phi) is 2.96. The number of hydrogen-bond acceptors (Lipinski definition) is 6. The Bertz CT molecular complexity index is 595. The molecule has 1 aromatic carbocycles. The number of rotatable bonds is 4. The van der Waals surface area contributed by atoms with Crippen LogP contribution in [-0.2, 0) is 6.54 Å². The van der Waals surface area contributed by atoms with E-state index in [4.69, 9.17) is 0 Å². The molecular formula is C9H7N5O4. The summed E-state index contributed by atoms with van der Waals surface area (Å²) in [5, 5.41) is 28.7. The van der Waals surface area contributed by atoms with Gasteiger partial charge in [-0.1, -0.05) is 5.21 Å². The molecule has 0 N–H and O–H groups in total. The van der Waals surface area contributed by atoms with Crippen molar-refractivity contribution in [1.29, 1.82) is 0 Å². The van der Waals surface area contributed by atoms with E-state index in [9.17, 15) is 20.2 Å². The first-order valence-corrected chi connectivity index (χ1v) is 4.84. The lowest BCUT2D eigenvalue weighted by molar-refractivity contribution is -0.394. The molecule has 2 aromatic rings. The molecule has 2 rings (SSSR count). The third-order valence-corrected chi connectivity index (χ3v) is 2.28. The molecule has 1 aromatic heterocycles. The number of aromatic nitrogens is 3. The van der Waals surface area contributed by atoms with Gasteiger partial charge < -0.3 is 0 Å². The fourth-order valence-electron chi connectivity index (χ4n) is 1.46. The molecule has 0 radical (unpaired) electrons. The number of non-ortho nitro benzene ring substituents is 1. The SMILES string of the molecule is O=[N+]([O-])c1ccc(Cn2ccnn2)c([N+](=O)[O-])c1. The number of nitro groups is 2. The van der Waals surface area contributed by atoms with Crippen molar-refractivity contribution in [3.05, 3.63) is 56.4 Å². The van der Waals surface area contributed by atoms with Crippen molar-refractivity contribution in [1.82, 2.24) is 15.0 Å². The third kappa shape index (κ3) is 2.29. The van der Waals surface area contributed by atoms with E-state index < -0.39 is 9.85 Å². The Labute approximate surface area is 100.0 Å². The van der Waals surface area contributed by atoms with Crippen molar-refractivity contribution in [2.45, 2.75) is 6.54 Å². The maximum absolute atomic E-state index is 10.9. The zero-order valence-corrected chi connectivity index (χ0v) is 8.96. The highest BCUT2D eigenvalue weighted by molar-refractivity contribution is 5.49. The van der Waals surface area contributed by atoms with Crippen molar-refractivity contribution < 1.29 is 9.85 Å². The van der Waals surface area contributed by atoms with Crippen LogP contribution in [0.25, 0.3) is 0 Å². The van der Waals surface area contributed by atoms with E-state index in [1.54, 1.807) is 6.20 Å². The zero-order valence-electron chi connectivity index (χ0n) is 8.96. The summed E-state index contributed by atoms with van der Waals surface area (Å²) in [6, 6.07) is 3.50. The van der Waals surface area contributed by atoms with Crippen LogP contribution in [0.3, 0.4) is 0 Å². The van der Waals surface area contributed by atoms with Gasteiger partial charge in [-0.3, -0.25) is 20.2 Å². The minimum Gasteiger partial charge on any atom is -0.258 e. The van der Waals surface area contributed by atoms with Gasteiger partial charge in [-0.05, 0) is 6.07 Å². The van der Waals surface area contributed by atoms with E-state index >= 15 is 0 Å². The van der Waals surface area contributed by atoms with Crippen LogP contribution in [0, 0.1) is 20.2 Å². The van der Waals surface area contributed by atoms with Crippen molar-refractivity contribution in [2.24, 2.45) is 0 Å². The molecule has 0 fully saturated rings. The second-order valence-electron chi connectivity index (χ2n) is 3.43. The van der Waals surface area contributed by atoms with Gasteiger partial charge in [0.15, 0.2) is 0 Å². The molecule has 0 atom stereocenters. The first kappa shape index (κ1) is 11.6. The largest absolute Gasteiger partial charge is 0.281 e. The fraction of sp³-hybridized carbons (Fsp3) is 0.111. The molecule has 0 spiro atoms. The molecule has 0 aliphatic rings. The van der Waals surface area contributed by atoms with Gasteiger partial charge in [-0.15, -0.1) is 5.10 Å². The second kappa shape index (κ2) is 4.57. The van der Waals surface area contributed by atoms with Crippen LogP contribution in [0.4, 0.5) is 11.4 Å². The molecule has 0 saturated heterocycles. The van der Waals surface area contributed by atoms with Crippen LogP contribution in [0.5, 0.6) is 0 Å². The summed E-state index contributed by atoms with van der Waals surface area (Å²) < 4.78 is 1.40. The van der Waals surface area contributed by atoms with Crippen molar-refractivity contribution in [2.75, 3.05) is 0 Å². The summed E-state index contributed by atoms with van der Waals surface area (Å²) in [4.78, 5) is 20.1. The van der Waals surface area contributed by atoms with Crippen LogP contribution in [0.2, 0.25) is 0 Å². The molecule has 9 heteroatoms. The molecule has 0 aliphatic carbocycles. The first-order valence-electron chi connectivity index (χ1n) is 4.84. The second-order valence-corrected chi connectivity index (χ2v) is 3.43. The highest BCUT2D eigenvalue weighted by Crippen LogP contribution is 2.25. The predicted octanol–water partition coefficient (Wildman–Crippen LogP) is 1.14. The van der Waals surface area contributed by atoms with Gasteiger partial charge >= 0.3 is 0 Å². The topological polar surface area (TPSA) is 117 Å². The molecule has 92 valence electrons. The highest BCUT2D eigenvalue weighted by Gasteiger charge is 2.19. The first-order chi connectivity index (χ1) is 8.58. The number of benzene rings is 1. The summed E-state index contributed by atoms with van der Waals surface area (Å²) >= 11 is 0. The standard InChI is InChI=1S/C9H7N5O4/c15-13(16)8-2-1-7(9(5-8)14(17)18)6-12-4-3-10-11-12/h1-5H,6H2. The Morgan fingerprint density at radius 3 is 2.56 bits per heavy atom. The van der Waals surface area contributed by atoms with Crippen LogP contribution in [-0.4, -0.2) is 24.8 Å². The Morgan fingerprint density at radius 1 is 1.22 bits per heavy atom. The van der Waals surface area contributed by atoms with Crippen LogP contribution in [0.15, 0.2) is 30.6 Å². The molecule has 0 bridgehead atoms. The maximum Gasteiger partial charge on any atom is 0.281 e. The Morgan fingerprint density at radius 2 is 2.00 bits per heavy atom. The summed E-state index contributed by atoms with van der Waals surface area (Å²) in [5.74, 6) is 0. The van der Waals surface area contributed by atoms with Crippen molar-refractivity contribution >= 4 is 11.4 Å². The average molecular weight is 249 g/mol. The Balaban J connectivity index is 2.40. The van der Waals surface area contributed by atoms with Gasteiger partial charge in [0, 0.05) is 12.3 Å². The minimum atomic E-state index is -0.674. The molecule has 0 aliphatic heterocycles. The van der Waals surface area contributed by atoms with Gasteiger partial charge in [-0.25, -0.2) is 4.68 Å². The van der Waals surface area contributed by atoms with Crippen LogP contribution in [0.1, 0.15) is 5.56 Å².